The molecule has 1 aromatic carbocycles. The van der Waals surface area contributed by atoms with Crippen molar-refractivity contribution < 1.29 is 23.1 Å². The lowest BCUT2D eigenvalue weighted by Gasteiger charge is -2.07. The Kier molecular flexibility index (Phi) is 3.82. The molecule has 0 saturated carbocycles. The van der Waals surface area contributed by atoms with Gasteiger partial charge in [-0.15, -0.1) is 0 Å². The number of halogens is 3. The van der Waals surface area contributed by atoms with E-state index in [4.69, 9.17) is 0 Å². The molecule has 0 aliphatic rings. The number of nitrogens with zero attached hydrogens (tertiary/aromatic N) is 3. The number of fused-ring (bicyclic) bond motifs is 1. The normalized spacial score (nSPS) is 12.9. The van der Waals surface area contributed by atoms with Crippen LogP contribution in [0.2, 0.25) is 0 Å². The van der Waals surface area contributed by atoms with Crippen LogP contribution in [0.25, 0.3) is 22.0 Å². The Bertz CT molecular complexity index is 930. The Morgan fingerprint density at radius 3 is 2.62 bits per heavy atom. The molecule has 0 radical (unpaired) electrons. The predicted molar refractivity (Wildman–Crippen MR) is 82.0 cm³/mol. The summed E-state index contributed by atoms with van der Waals surface area (Å²) in [6.07, 6.45) is -3.23. The number of alkyl halides is 3. The predicted octanol–water partition coefficient (Wildman–Crippen LogP) is 3.78. The second-order valence-corrected chi connectivity index (χ2v) is 5.44. The first-order chi connectivity index (χ1) is 11.3. The highest BCUT2D eigenvalue weighted by molar-refractivity contribution is 6.08. The lowest BCUT2D eigenvalue weighted by Crippen LogP contribution is -2.12. The standard InChI is InChI=1S/C16H14F3N3O2/c1-8-12(16(23)24)11-5-3-4-10(13(11)21(8)2)9-6-20-22(7-9)15(19)14(17)18/h3-7,14-15H,1-2H3,(H,23,24). The summed E-state index contributed by atoms with van der Waals surface area (Å²) in [7, 11) is 1.72. The molecule has 0 fully saturated rings. The van der Waals surface area contributed by atoms with Gasteiger partial charge in [0.15, 0.2) is 0 Å². The Morgan fingerprint density at radius 1 is 1.29 bits per heavy atom. The van der Waals surface area contributed by atoms with Crippen LogP contribution in [-0.2, 0) is 7.05 Å². The molecule has 3 rings (SSSR count). The van der Waals surface area contributed by atoms with Crippen LogP contribution in [0.4, 0.5) is 13.2 Å². The zero-order valence-electron chi connectivity index (χ0n) is 12.9. The van der Waals surface area contributed by atoms with Crippen LogP contribution in [0.1, 0.15) is 22.3 Å². The van der Waals surface area contributed by atoms with Gasteiger partial charge in [0.1, 0.15) is 0 Å². The van der Waals surface area contributed by atoms with Crippen LogP contribution in [0.15, 0.2) is 30.6 Å². The number of rotatable bonds is 4. The van der Waals surface area contributed by atoms with E-state index in [0.717, 1.165) is 0 Å². The highest BCUT2D eigenvalue weighted by Crippen LogP contribution is 2.34. The summed E-state index contributed by atoms with van der Waals surface area (Å²) in [4.78, 5) is 11.5. The third-order valence-corrected chi connectivity index (χ3v) is 4.09. The maximum absolute atomic E-state index is 13.4. The van der Waals surface area contributed by atoms with Crippen molar-refractivity contribution in [1.29, 1.82) is 0 Å². The van der Waals surface area contributed by atoms with Crippen LogP contribution in [0.5, 0.6) is 0 Å². The van der Waals surface area contributed by atoms with Crippen molar-refractivity contribution in [3.63, 3.8) is 0 Å². The Morgan fingerprint density at radius 2 is 2.00 bits per heavy atom. The first-order valence-electron chi connectivity index (χ1n) is 7.11. The Labute approximate surface area is 134 Å². The fraction of sp³-hybridized carbons (Fsp3) is 0.250. The van der Waals surface area contributed by atoms with E-state index in [1.165, 1.54) is 12.4 Å². The van der Waals surface area contributed by atoms with E-state index < -0.39 is 18.7 Å². The number of hydrogen-bond donors (Lipinski definition) is 1. The summed E-state index contributed by atoms with van der Waals surface area (Å²) >= 11 is 0. The molecule has 126 valence electrons. The lowest BCUT2D eigenvalue weighted by molar-refractivity contribution is 0.000790. The van der Waals surface area contributed by atoms with Gasteiger partial charge in [-0.25, -0.2) is 22.6 Å². The first kappa shape index (κ1) is 16.1. The number of carboxylic acids is 1. The quantitative estimate of drug-likeness (QED) is 0.788. The number of aromatic carboxylic acids is 1. The zero-order valence-corrected chi connectivity index (χ0v) is 12.9. The Balaban J connectivity index is 2.21. The number of aromatic nitrogens is 3. The number of carbonyl (C=O) groups is 1. The van der Waals surface area contributed by atoms with E-state index in [0.29, 0.717) is 32.4 Å². The summed E-state index contributed by atoms with van der Waals surface area (Å²) in [5, 5.41) is 13.6. The molecule has 0 amide bonds. The van der Waals surface area contributed by atoms with Crippen LogP contribution in [0.3, 0.4) is 0 Å². The molecule has 2 aromatic heterocycles. The van der Waals surface area contributed by atoms with Gasteiger partial charge < -0.3 is 9.67 Å². The highest BCUT2D eigenvalue weighted by atomic mass is 19.3. The lowest BCUT2D eigenvalue weighted by atomic mass is 10.0. The second kappa shape index (κ2) is 5.70. The van der Waals surface area contributed by atoms with Gasteiger partial charge in [0.05, 0.1) is 17.3 Å². The summed E-state index contributed by atoms with van der Waals surface area (Å²) in [6, 6.07) is 5.06. The highest BCUT2D eigenvalue weighted by Gasteiger charge is 2.24. The van der Waals surface area contributed by atoms with Crippen molar-refractivity contribution in [3.05, 3.63) is 41.9 Å². The van der Waals surface area contributed by atoms with Gasteiger partial charge >= 0.3 is 5.97 Å². The molecule has 0 bridgehead atoms. The van der Waals surface area contributed by atoms with Gasteiger partial charge in [0.25, 0.3) is 12.7 Å². The summed E-state index contributed by atoms with van der Waals surface area (Å²) in [6.45, 7) is 1.69. The Hall–Kier alpha value is -2.77. The van der Waals surface area contributed by atoms with Gasteiger partial charge in [-0.1, -0.05) is 18.2 Å². The molecule has 8 heteroatoms. The first-order valence-corrected chi connectivity index (χ1v) is 7.11. The van der Waals surface area contributed by atoms with Crippen LogP contribution in [-0.4, -0.2) is 31.8 Å². The minimum absolute atomic E-state index is 0.178. The van der Waals surface area contributed by atoms with Crippen molar-refractivity contribution in [2.24, 2.45) is 7.05 Å². The van der Waals surface area contributed by atoms with Crippen molar-refractivity contribution in [2.75, 3.05) is 0 Å². The van der Waals surface area contributed by atoms with Crippen molar-refractivity contribution >= 4 is 16.9 Å². The number of para-hydroxylation sites is 1. The molecule has 0 aliphatic heterocycles. The van der Waals surface area contributed by atoms with Crippen LogP contribution in [0, 0.1) is 6.92 Å². The number of hydrogen-bond acceptors (Lipinski definition) is 2. The topological polar surface area (TPSA) is 60.0 Å². The van der Waals surface area contributed by atoms with Gasteiger partial charge in [-0.2, -0.15) is 5.10 Å². The molecule has 0 saturated heterocycles. The van der Waals surface area contributed by atoms with Crippen molar-refractivity contribution in [1.82, 2.24) is 14.3 Å². The van der Waals surface area contributed by atoms with E-state index in [-0.39, 0.29) is 5.56 Å². The molecule has 24 heavy (non-hydrogen) atoms. The van der Waals surface area contributed by atoms with Gasteiger partial charge in [-0.3, -0.25) is 0 Å². The third kappa shape index (κ3) is 2.34. The minimum Gasteiger partial charge on any atom is -0.478 e. The zero-order chi connectivity index (χ0) is 17.6. The molecule has 5 nitrogen and oxygen atoms in total. The van der Waals surface area contributed by atoms with E-state index in [1.54, 1.807) is 36.7 Å². The van der Waals surface area contributed by atoms with Crippen LogP contribution < -0.4 is 0 Å². The van der Waals surface area contributed by atoms with Crippen molar-refractivity contribution in [3.8, 4) is 11.1 Å². The fourth-order valence-electron chi connectivity index (χ4n) is 2.87. The molecule has 2 heterocycles. The van der Waals surface area contributed by atoms with Crippen molar-refractivity contribution in [2.45, 2.75) is 19.6 Å². The van der Waals surface area contributed by atoms with Gasteiger partial charge in [0.2, 0.25) is 0 Å². The SMILES string of the molecule is Cc1c(C(=O)O)c2cccc(-c3cnn(C(F)C(F)F)c3)c2n1C. The van der Waals surface area contributed by atoms with E-state index in [1.807, 2.05) is 0 Å². The molecule has 0 aliphatic carbocycles. The molecular weight excluding hydrogens is 323 g/mol. The van der Waals surface area contributed by atoms with E-state index in [9.17, 15) is 23.1 Å². The monoisotopic (exact) mass is 337 g/mol. The molecule has 1 N–H and O–H groups in total. The average molecular weight is 337 g/mol. The van der Waals surface area contributed by atoms with E-state index in [2.05, 4.69) is 5.10 Å². The van der Waals surface area contributed by atoms with Gasteiger partial charge in [-0.05, 0) is 6.92 Å². The van der Waals surface area contributed by atoms with Gasteiger partial charge in [0, 0.05) is 35.5 Å². The molecule has 1 unspecified atom stereocenters. The van der Waals surface area contributed by atoms with Crippen LogP contribution >= 0.6 is 0 Å². The molecule has 3 aromatic rings. The number of benzene rings is 1. The molecule has 1 atom stereocenters. The molecular formula is C16H14F3N3O2. The largest absolute Gasteiger partial charge is 0.478 e. The number of carboxylic acid groups (broad SMARTS) is 1. The maximum atomic E-state index is 13.4. The van der Waals surface area contributed by atoms with E-state index >= 15 is 0 Å². The fourth-order valence-corrected chi connectivity index (χ4v) is 2.87. The summed E-state index contributed by atoms with van der Waals surface area (Å²) in [5.74, 6) is -1.05. The second-order valence-electron chi connectivity index (χ2n) is 5.44. The smallest absolute Gasteiger partial charge is 0.338 e. The summed E-state index contributed by atoms with van der Waals surface area (Å²) < 4.78 is 40.7. The maximum Gasteiger partial charge on any atom is 0.338 e. The average Bonchev–Trinajstić information content (AvgIpc) is 3.11. The summed E-state index contributed by atoms with van der Waals surface area (Å²) in [5.41, 5.74) is 2.39. The third-order valence-electron chi connectivity index (χ3n) is 4.09. The minimum atomic E-state index is -3.18. The number of aryl methyl sites for hydroxylation is 1. The molecule has 0 spiro atoms.